The van der Waals surface area contributed by atoms with Gasteiger partial charge in [0, 0.05) is 19.5 Å². The molecule has 100 valence electrons. The zero-order valence-corrected chi connectivity index (χ0v) is 11.6. The third kappa shape index (κ3) is 4.40. The van der Waals surface area contributed by atoms with Gasteiger partial charge in [0.1, 0.15) is 5.75 Å². The fraction of sp³-hybridized carbons (Fsp3) is 0.533. The highest BCUT2D eigenvalue weighted by molar-refractivity contribution is 5.76. The number of ether oxygens (including phenoxy) is 1. The molecule has 0 atom stereocenters. The summed E-state index contributed by atoms with van der Waals surface area (Å²) < 4.78 is 5.20. The van der Waals surface area contributed by atoms with Crippen LogP contribution in [0.4, 0.5) is 0 Å². The molecule has 1 rings (SSSR count). The average Bonchev–Trinajstić information content (AvgIpc) is 2.39. The van der Waals surface area contributed by atoms with E-state index in [1.807, 2.05) is 36.1 Å². The molecule has 0 unspecified atom stereocenters. The summed E-state index contributed by atoms with van der Waals surface area (Å²) in [5.41, 5.74) is 1.12. The van der Waals surface area contributed by atoms with Crippen molar-refractivity contribution < 1.29 is 9.53 Å². The van der Waals surface area contributed by atoms with Crippen molar-refractivity contribution in [3.05, 3.63) is 29.8 Å². The maximum atomic E-state index is 12.0. The molecule has 1 aromatic rings. The van der Waals surface area contributed by atoms with Gasteiger partial charge in [0.15, 0.2) is 0 Å². The lowest BCUT2D eigenvalue weighted by atomic mass is 10.2. The lowest BCUT2D eigenvalue weighted by Gasteiger charge is -2.22. The molecule has 0 radical (unpaired) electrons. The van der Waals surface area contributed by atoms with Gasteiger partial charge in [-0.3, -0.25) is 4.79 Å². The number of nitrogens with zero attached hydrogens (tertiary/aromatic N) is 1. The zero-order chi connectivity index (χ0) is 13.4. The first-order valence-electron chi connectivity index (χ1n) is 6.62. The van der Waals surface area contributed by atoms with Crippen LogP contribution >= 0.6 is 0 Å². The molecule has 18 heavy (non-hydrogen) atoms. The predicted octanol–water partition coefficient (Wildman–Crippen LogP) is 3.23. The standard InChI is InChI=1S/C15H23NO2/c1-4-7-15(17)16(10-5-2)12-13-8-6-9-14(11-13)18-3/h6,8-9,11H,4-5,7,10,12H2,1-3H3. The van der Waals surface area contributed by atoms with Gasteiger partial charge in [0.2, 0.25) is 5.91 Å². The Labute approximate surface area is 110 Å². The molecule has 1 aromatic carbocycles. The summed E-state index contributed by atoms with van der Waals surface area (Å²) in [4.78, 5) is 13.9. The van der Waals surface area contributed by atoms with Crippen LogP contribution in [0.15, 0.2) is 24.3 Å². The predicted molar refractivity (Wildman–Crippen MR) is 73.6 cm³/mol. The Balaban J connectivity index is 2.72. The molecule has 0 aromatic heterocycles. The topological polar surface area (TPSA) is 29.5 Å². The number of amides is 1. The fourth-order valence-electron chi connectivity index (χ4n) is 1.93. The van der Waals surface area contributed by atoms with Crippen LogP contribution in [0.25, 0.3) is 0 Å². The van der Waals surface area contributed by atoms with Crippen LogP contribution in [-0.2, 0) is 11.3 Å². The molecular formula is C15H23NO2. The molecule has 0 saturated carbocycles. The maximum absolute atomic E-state index is 12.0. The highest BCUT2D eigenvalue weighted by atomic mass is 16.5. The van der Waals surface area contributed by atoms with Crippen molar-refractivity contribution >= 4 is 5.91 Å². The van der Waals surface area contributed by atoms with E-state index in [2.05, 4.69) is 6.92 Å². The summed E-state index contributed by atoms with van der Waals surface area (Å²) in [6.45, 7) is 5.62. The number of rotatable bonds is 7. The molecule has 0 fully saturated rings. The summed E-state index contributed by atoms with van der Waals surface area (Å²) in [6, 6.07) is 7.90. The van der Waals surface area contributed by atoms with Gasteiger partial charge in [-0.05, 0) is 30.5 Å². The van der Waals surface area contributed by atoms with Gasteiger partial charge in [-0.1, -0.05) is 26.0 Å². The Morgan fingerprint density at radius 1 is 1.28 bits per heavy atom. The van der Waals surface area contributed by atoms with Crippen molar-refractivity contribution in [2.45, 2.75) is 39.7 Å². The molecule has 3 nitrogen and oxygen atoms in total. The third-order valence-electron chi connectivity index (χ3n) is 2.82. The van der Waals surface area contributed by atoms with Crippen molar-refractivity contribution in [3.8, 4) is 5.75 Å². The van der Waals surface area contributed by atoms with E-state index in [9.17, 15) is 4.79 Å². The molecule has 0 aliphatic rings. The van der Waals surface area contributed by atoms with E-state index in [1.165, 1.54) is 0 Å². The van der Waals surface area contributed by atoms with Crippen LogP contribution in [0.5, 0.6) is 5.75 Å². The van der Waals surface area contributed by atoms with Crippen LogP contribution in [-0.4, -0.2) is 24.5 Å². The van der Waals surface area contributed by atoms with Gasteiger partial charge in [0.25, 0.3) is 0 Å². The monoisotopic (exact) mass is 249 g/mol. The number of carbonyl (C=O) groups excluding carboxylic acids is 1. The van der Waals surface area contributed by atoms with Crippen LogP contribution < -0.4 is 4.74 Å². The second-order valence-electron chi connectivity index (χ2n) is 4.42. The van der Waals surface area contributed by atoms with E-state index in [-0.39, 0.29) is 5.91 Å². The van der Waals surface area contributed by atoms with Gasteiger partial charge >= 0.3 is 0 Å². The molecule has 0 saturated heterocycles. The quantitative estimate of drug-likeness (QED) is 0.742. The summed E-state index contributed by atoms with van der Waals surface area (Å²) in [7, 11) is 1.66. The van der Waals surface area contributed by atoms with Gasteiger partial charge in [-0.25, -0.2) is 0 Å². The molecule has 1 amide bonds. The molecule has 0 aliphatic carbocycles. The van der Waals surface area contributed by atoms with Crippen LogP contribution in [0, 0.1) is 0 Å². The van der Waals surface area contributed by atoms with E-state index in [0.29, 0.717) is 13.0 Å². The van der Waals surface area contributed by atoms with Gasteiger partial charge in [-0.15, -0.1) is 0 Å². The molecular weight excluding hydrogens is 226 g/mol. The second-order valence-corrected chi connectivity index (χ2v) is 4.42. The van der Waals surface area contributed by atoms with E-state index in [0.717, 1.165) is 30.7 Å². The highest BCUT2D eigenvalue weighted by Crippen LogP contribution is 2.15. The molecule has 0 heterocycles. The number of hydrogen-bond acceptors (Lipinski definition) is 2. The molecule has 0 aliphatic heterocycles. The van der Waals surface area contributed by atoms with Crippen molar-refractivity contribution in [1.29, 1.82) is 0 Å². The molecule has 0 N–H and O–H groups in total. The third-order valence-corrected chi connectivity index (χ3v) is 2.82. The Morgan fingerprint density at radius 3 is 2.67 bits per heavy atom. The SMILES string of the molecule is CCCC(=O)N(CCC)Cc1cccc(OC)c1. The largest absolute Gasteiger partial charge is 0.497 e. The minimum atomic E-state index is 0.238. The summed E-state index contributed by atoms with van der Waals surface area (Å²) in [5.74, 6) is 1.08. The van der Waals surface area contributed by atoms with Gasteiger partial charge < -0.3 is 9.64 Å². The average molecular weight is 249 g/mol. The number of hydrogen-bond donors (Lipinski definition) is 0. The first-order chi connectivity index (χ1) is 8.71. The summed E-state index contributed by atoms with van der Waals surface area (Å²) in [6.07, 6.45) is 2.51. The lowest BCUT2D eigenvalue weighted by molar-refractivity contribution is -0.131. The Morgan fingerprint density at radius 2 is 2.06 bits per heavy atom. The van der Waals surface area contributed by atoms with Crippen LogP contribution in [0.3, 0.4) is 0 Å². The highest BCUT2D eigenvalue weighted by Gasteiger charge is 2.12. The van der Waals surface area contributed by atoms with E-state index in [4.69, 9.17) is 4.74 Å². The van der Waals surface area contributed by atoms with E-state index < -0.39 is 0 Å². The number of carbonyl (C=O) groups is 1. The van der Waals surface area contributed by atoms with Crippen LogP contribution in [0.1, 0.15) is 38.7 Å². The van der Waals surface area contributed by atoms with E-state index >= 15 is 0 Å². The fourth-order valence-corrected chi connectivity index (χ4v) is 1.93. The number of methoxy groups -OCH3 is 1. The van der Waals surface area contributed by atoms with Gasteiger partial charge in [0.05, 0.1) is 7.11 Å². The van der Waals surface area contributed by atoms with Crippen molar-refractivity contribution in [1.82, 2.24) is 4.90 Å². The maximum Gasteiger partial charge on any atom is 0.222 e. The Bertz CT molecular complexity index is 377. The van der Waals surface area contributed by atoms with Crippen molar-refractivity contribution in [2.75, 3.05) is 13.7 Å². The first kappa shape index (κ1) is 14.6. The minimum absolute atomic E-state index is 0.238. The summed E-state index contributed by atoms with van der Waals surface area (Å²) >= 11 is 0. The molecule has 3 heteroatoms. The minimum Gasteiger partial charge on any atom is -0.497 e. The van der Waals surface area contributed by atoms with Gasteiger partial charge in [-0.2, -0.15) is 0 Å². The summed E-state index contributed by atoms with van der Waals surface area (Å²) in [5, 5.41) is 0. The first-order valence-corrected chi connectivity index (χ1v) is 6.62. The molecule has 0 spiro atoms. The van der Waals surface area contributed by atoms with Crippen molar-refractivity contribution in [3.63, 3.8) is 0 Å². The van der Waals surface area contributed by atoms with Crippen molar-refractivity contribution in [2.24, 2.45) is 0 Å². The number of benzene rings is 1. The van der Waals surface area contributed by atoms with E-state index in [1.54, 1.807) is 7.11 Å². The Kier molecular flexibility index (Phi) is 6.26. The molecule has 0 bridgehead atoms. The normalized spacial score (nSPS) is 10.2. The lowest BCUT2D eigenvalue weighted by Crippen LogP contribution is -2.30. The second kappa shape index (κ2) is 7.75. The Hall–Kier alpha value is -1.51. The van der Waals surface area contributed by atoms with Crippen LogP contribution in [0.2, 0.25) is 0 Å². The smallest absolute Gasteiger partial charge is 0.222 e. The zero-order valence-electron chi connectivity index (χ0n) is 11.6.